The molecule has 2 fully saturated rings. The van der Waals surface area contributed by atoms with Gasteiger partial charge in [0.05, 0.1) is 16.4 Å². The molecule has 2 amide bonds. The number of furan rings is 1. The molecule has 3 aromatic carbocycles. The number of fused-ring (bicyclic) bond motifs is 1. The minimum Gasteiger partial charge on any atom is -0.459 e. The molecule has 0 unspecified atom stereocenters. The Labute approximate surface area is 225 Å². The molecule has 0 saturated carbocycles. The van der Waals surface area contributed by atoms with Gasteiger partial charge in [0.2, 0.25) is 5.91 Å². The zero-order valence-electron chi connectivity index (χ0n) is 18.5. The summed E-state index contributed by atoms with van der Waals surface area (Å²) in [6.07, 6.45) is -0.991. The van der Waals surface area contributed by atoms with Gasteiger partial charge in [0.25, 0.3) is 5.91 Å². The van der Waals surface area contributed by atoms with Crippen molar-refractivity contribution in [2.75, 3.05) is 9.96 Å². The maximum atomic E-state index is 13.7. The number of imide groups is 1. The number of rotatable bonds is 4. The van der Waals surface area contributed by atoms with Crippen molar-refractivity contribution in [3.05, 3.63) is 105 Å². The summed E-state index contributed by atoms with van der Waals surface area (Å²) < 4.78 is 7.08. The molecule has 180 valence electrons. The van der Waals surface area contributed by atoms with Gasteiger partial charge in [-0.2, -0.15) is 0 Å². The Balaban J connectivity index is 1.43. The lowest BCUT2D eigenvalue weighted by Gasteiger charge is -2.27. The first-order chi connectivity index (χ1) is 17.4. The van der Waals surface area contributed by atoms with Crippen LogP contribution in [-0.4, -0.2) is 17.9 Å². The van der Waals surface area contributed by atoms with E-state index in [1.807, 2.05) is 30.3 Å². The number of hydroxylamine groups is 1. The topological polar surface area (TPSA) is 63.0 Å². The summed E-state index contributed by atoms with van der Waals surface area (Å²) in [4.78, 5) is 34.5. The highest BCUT2D eigenvalue weighted by Crippen LogP contribution is 2.48. The number of anilines is 2. The number of carbonyl (C=O) groups is 2. The quantitative estimate of drug-likeness (QED) is 0.240. The van der Waals surface area contributed by atoms with Gasteiger partial charge in [-0.05, 0) is 66.7 Å². The molecule has 3 atom stereocenters. The molecule has 6 rings (SSSR count). The van der Waals surface area contributed by atoms with E-state index in [-0.39, 0.29) is 5.91 Å². The zero-order chi connectivity index (χ0) is 25.0. The summed E-state index contributed by atoms with van der Waals surface area (Å²) in [5.41, 5.74) is 1.82. The molecule has 4 aromatic rings. The molecule has 9 heteroatoms. The lowest BCUT2D eigenvalue weighted by atomic mass is 9.94. The number of benzene rings is 3. The Morgan fingerprint density at radius 3 is 2.31 bits per heavy atom. The van der Waals surface area contributed by atoms with Crippen molar-refractivity contribution in [1.82, 2.24) is 0 Å². The van der Waals surface area contributed by atoms with Gasteiger partial charge in [-0.1, -0.05) is 57.3 Å². The summed E-state index contributed by atoms with van der Waals surface area (Å²) in [5, 5.41) is 2.59. The van der Waals surface area contributed by atoms with Gasteiger partial charge in [-0.15, -0.1) is 0 Å². The van der Waals surface area contributed by atoms with E-state index in [0.717, 1.165) is 4.47 Å². The highest BCUT2D eigenvalue weighted by Gasteiger charge is 2.61. The maximum Gasteiger partial charge on any atom is 0.266 e. The monoisotopic (exact) mass is 582 g/mol. The first kappa shape index (κ1) is 23.3. The molecule has 3 heterocycles. The van der Waals surface area contributed by atoms with Gasteiger partial charge >= 0.3 is 0 Å². The lowest BCUT2D eigenvalue weighted by molar-refractivity contribution is -0.126. The largest absolute Gasteiger partial charge is 0.459 e. The van der Waals surface area contributed by atoms with Crippen LogP contribution >= 0.6 is 39.1 Å². The van der Waals surface area contributed by atoms with Crippen LogP contribution in [-0.2, 0) is 14.4 Å². The molecule has 0 radical (unpaired) electrons. The first-order valence-electron chi connectivity index (χ1n) is 11.1. The summed E-state index contributed by atoms with van der Waals surface area (Å²) in [6, 6.07) is 24.3. The Morgan fingerprint density at radius 2 is 1.56 bits per heavy atom. The Bertz CT molecular complexity index is 1470. The SMILES string of the molecule is O=C1[C@H]2[C@@H](ON(c3ccccc3)[C@H]2c2ccc(-c3cc(Cl)ccc3Cl)o2)C(=O)N1c1ccc(Br)cc1. The number of hydrogen-bond acceptors (Lipinski definition) is 5. The van der Waals surface area contributed by atoms with Gasteiger partial charge in [0.15, 0.2) is 6.10 Å². The highest BCUT2D eigenvalue weighted by molar-refractivity contribution is 9.10. The molecule has 0 spiro atoms. The molecular formula is C27H17BrCl2N2O4. The van der Waals surface area contributed by atoms with Crippen molar-refractivity contribution in [3.63, 3.8) is 0 Å². The minimum absolute atomic E-state index is 0.352. The van der Waals surface area contributed by atoms with Crippen LogP contribution < -0.4 is 9.96 Å². The van der Waals surface area contributed by atoms with Gasteiger partial charge in [0, 0.05) is 15.1 Å². The molecular weight excluding hydrogens is 567 g/mol. The van der Waals surface area contributed by atoms with Crippen molar-refractivity contribution in [2.45, 2.75) is 12.1 Å². The average molecular weight is 584 g/mol. The van der Waals surface area contributed by atoms with E-state index in [9.17, 15) is 9.59 Å². The smallest absolute Gasteiger partial charge is 0.266 e. The molecule has 0 bridgehead atoms. The third-order valence-electron chi connectivity index (χ3n) is 6.32. The Kier molecular flexibility index (Phi) is 5.88. The van der Waals surface area contributed by atoms with Crippen LogP contribution in [0.3, 0.4) is 0 Å². The standard InChI is InChI=1S/C27H17BrCl2N2O4/c28-15-6-9-17(10-7-15)31-26(33)23-24(32(36-25(23)27(31)34)18-4-2-1-3-5-18)22-13-12-21(35-22)19-14-16(29)8-11-20(19)30/h1-14,23-25H/t23-,24+,25-/m1/s1. The second-order valence-electron chi connectivity index (χ2n) is 8.47. The Hall–Kier alpha value is -3.10. The predicted molar refractivity (Wildman–Crippen MR) is 141 cm³/mol. The van der Waals surface area contributed by atoms with Gasteiger partial charge in [-0.25, -0.2) is 9.96 Å². The summed E-state index contributed by atoms with van der Waals surface area (Å²) in [7, 11) is 0. The van der Waals surface area contributed by atoms with Crippen molar-refractivity contribution < 1.29 is 18.8 Å². The van der Waals surface area contributed by atoms with E-state index >= 15 is 0 Å². The van der Waals surface area contributed by atoms with Crippen LogP contribution in [0.15, 0.2) is 93.8 Å². The fourth-order valence-corrected chi connectivity index (χ4v) is 5.34. The number of para-hydroxylation sites is 1. The van der Waals surface area contributed by atoms with Gasteiger partial charge in [-0.3, -0.25) is 14.4 Å². The van der Waals surface area contributed by atoms with Crippen LogP contribution in [0.5, 0.6) is 0 Å². The van der Waals surface area contributed by atoms with Crippen LogP contribution in [0.4, 0.5) is 11.4 Å². The third kappa shape index (κ3) is 3.83. The fourth-order valence-electron chi connectivity index (χ4n) is 4.69. The van der Waals surface area contributed by atoms with Gasteiger partial charge < -0.3 is 4.42 Å². The summed E-state index contributed by atoms with van der Waals surface area (Å²) in [5.74, 6) is -0.614. The van der Waals surface area contributed by atoms with Crippen molar-refractivity contribution in [1.29, 1.82) is 0 Å². The zero-order valence-corrected chi connectivity index (χ0v) is 21.6. The average Bonchev–Trinajstić information content (AvgIpc) is 3.57. The predicted octanol–water partition coefficient (Wildman–Crippen LogP) is 7.07. The fraction of sp³-hybridized carbons (Fsp3) is 0.111. The van der Waals surface area contributed by atoms with E-state index in [0.29, 0.717) is 38.5 Å². The lowest BCUT2D eigenvalue weighted by Crippen LogP contribution is -2.37. The molecule has 36 heavy (non-hydrogen) atoms. The number of carbonyl (C=O) groups excluding carboxylic acids is 2. The third-order valence-corrected chi connectivity index (χ3v) is 7.42. The van der Waals surface area contributed by atoms with E-state index in [1.54, 1.807) is 59.7 Å². The number of hydrogen-bond donors (Lipinski definition) is 0. The normalized spacial score (nSPS) is 21.4. The van der Waals surface area contributed by atoms with E-state index in [4.69, 9.17) is 32.5 Å². The molecule has 2 aliphatic heterocycles. The van der Waals surface area contributed by atoms with Gasteiger partial charge in [0.1, 0.15) is 23.5 Å². The maximum absolute atomic E-state index is 13.7. The molecule has 2 aliphatic rings. The molecule has 6 nitrogen and oxygen atoms in total. The summed E-state index contributed by atoms with van der Waals surface area (Å²) >= 11 is 16.0. The molecule has 1 aromatic heterocycles. The van der Waals surface area contributed by atoms with Crippen LogP contribution in [0.1, 0.15) is 11.8 Å². The van der Waals surface area contributed by atoms with Crippen LogP contribution in [0.2, 0.25) is 10.0 Å². The summed E-state index contributed by atoms with van der Waals surface area (Å²) in [6.45, 7) is 0. The van der Waals surface area contributed by atoms with E-state index in [2.05, 4.69) is 15.9 Å². The van der Waals surface area contributed by atoms with E-state index in [1.165, 1.54) is 4.90 Å². The van der Waals surface area contributed by atoms with Crippen molar-refractivity contribution in [3.8, 4) is 11.3 Å². The second-order valence-corrected chi connectivity index (χ2v) is 10.2. The van der Waals surface area contributed by atoms with E-state index < -0.39 is 24.0 Å². The first-order valence-corrected chi connectivity index (χ1v) is 12.7. The van der Waals surface area contributed by atoms with Crippen LogP contribution in [0, 0.1) is 5.92 Å². The van der Waals surface area contributed by atoms with Crippen LogP contribution in [0.25, 0.3) is 11.3 Å². The number of amides is 2. The van der Waals surface area contributed by atoms with Crippen molar-refractivity contribution >= 4 is 62.3 Å². The molecule has 0 N–H and O–H groups in total. The molecule has 2 saturated heterocycles. The number of nitrogens with zero attached hydrogens (tertiary/aromatic N) is 2. The van der Waals surface area contributed by atoms with Crippen molar-refractivity contribution in [2.24, 2.45) is 5.92 Å². The second kappa shape index (κ2) is 9.09. The Morgan fingerprint density at radius 1 is 0.806 bits per heavy atom. The number of halogens is 3. The molecule has 0 aliphatic carbocycles. The minimum atomic E-state index is -0.991. The highest BCUT2D eigenvalue weighted by atomic mass is 79.9.